The van der Waals surface area contributed by atoms with Crippen molar-refractivity contribution in [1.29, 1.82) is 0 Å². The van der Waals surface area contributed by atoms with Crippen LogP contribution in [0.2, 0.25) is 0 Å². The van der Waals surface area contributed by atoms with Crippen molar-refractivity contribution in [2.45, 2.75) is 37.4 Å². The van der Waals surface area contributed by atoms with Crippen LogP contribution in [-0.4, -0.2) is 22.3 Å². The van der Waals surface area contributed by atoms with Crippen LogP contribution < -0.4 is 10.1 Å². The number of alkyl halides is 1. The molecule has 0 bridgehead atoms. The number of ether oxygens (including phenoxy) is 1. The summed E-state index contributed by atoms with van der Waals surface area (Å²) in [4.78, 5) is 15.4. The number of nitrogens with zero attached hydrogens (tertiary/aromatic N) is 1. The molecule has 2 rings (SSSR count). The fraction of sp³-hybridized carbons (Fsp3) is 0.571. The predicted molar refractivity (Wildman–Crippen MR) is 78.7 cm³/mol. The SMILES string of the molecule is CC(Br)C(=O)Nc1ccc(OCC2CCCC2)cn1. The van der Waals surface area contributed by atoms with E-state index >= 15 is 0 Å². The Hall–Kier alpha value is -1.10. The van der Waals surface area contributed by atoms with Crippen LogP contribution in [0.1, 0.15) is 32.6 Å². The first-order valence-corrected chi connectivity index (χ1v) is 7.60. The molecule has 104 valence electrons. The molecular formula is C14H19BrN2O2. The van der Waals surface area contributed by atoms with E-state index in [0.717, 1.165) is 12.4 Å². The fourth-order valence-corrected chi connectivity index (χ4v) is 2.27. The highest BCUT2D eigenvalue weighted by molar-refractivity contribution is 9.10. The first-order valence-electron chi connectivity index (χ1n) is 6.69. The third-order valence-corrected chi connectivity index (χ3v) is 3.73. The van der Waals surface area contributed by atoms with Gasteiger partial charge in [0.15, 0.2) is 0 Å². The van der Waals surface area contributed by atoms with E-state index in [1.807, 2.05) is 6.07 Å². The molecule has 1 aliphatic carbocycles. The van der Waals surface area contributed by atoms with Crippen molar-refractivity contribution in [2.75, 3.05) is 11.9 Å². The Labute approximate surface area is 122 Å². The summed E-state index contributed by atoms with van der Waals surface area (Å²) in [6, 6.07) is 3.60. The fourth-order valence-electron chi connectivity index (χ4n) is 2.16. The molecule has 0 saturated heterocycles. The monoisotopic (exact) mass is 326 g/mol. The second kappa shape index (κ2) is 6.89. The third kappa shape index (κ3) is 4.49. The molecule has 1 amide bonds. The van der Waals surface area contributed by atoms with E-state index < -0.39 is 0 Å². The highest BCUT2D eigenvalue weighted by atomic mass is 79.9. The van der Waals surface area contributed by atoms with Crippen molar-refractivity contribution >= 4 is 27.7 Å². The number of pyridine rings is 1. The number of carbonyl (C=O) groups is 1. The molecule has 1 aromatic rings. The zero-order valence-corrected chi connectivity index (χ0v) is 12.6. The van der Waals surface area contributed by atoms with Crippen molar-refractivity contribution < 1.29 is 9.53 Å². The van der Waals surface area contributed by atoms with E-state index in [1.165, 1.54) is 25.7 Å². The van der Waals surface area contributed by atoms with E-state index in [1.54, 1.807) is 19.2 Å². The van der Waals surface area contributed by atoms with Gasteiger partial charge in [-0.3, -0.25) is 4.79 Å². The van der Waals surface area contributed by atoms with Crippen LogP contribution in [0.4, 0.5) is 5.82 Å². The molecule has 4 nitrogen and oxygen atoms in total. The van der Waals surface area contributed by atoms with Crippen LogP contribution in [0.15, 0.2) is 18.3 Å². The Morgan fingerprint density at radius 2 is 2.26 bits per heavy atom. The summed E-state index contributed by atoms with van der Waals surface area (Å²) in [7, 11) is 0. The zero-order chi connectivity index (χ0) is 13.7. The first-order chi connectivity index (χ1) is 9.15. The average Bonchev–Trinajstić information content (AvgIpc) is 2.91. The lowest BCUT2D eigenvalue weighted by atomic mass is 10.1. The Morgan fingerprint density at radius 1 is 1.53 bits per heavy atom. The van der Waals surface area contributed by atoms with Gasteiger partial charge in [-0.1, -0.05) is 28.8 Å². The van der Waals surface area contributed by atoms with E-state index in [9.17, 15) is 4.79 Å². The summed E-state index contributed by atoms with van der Waals surface area (Å²) >= 11 is 3.21. The van der Waals surface area contributed by atoms with Crippen LogP contribution in [0.25, 0.3) is 0 Å². The summed E-state index contributed by atoms with van der Waals surface area (Å²) in [6.45, 7) is 2.54. The molecule has 1 saturated carbocycles. The van der Waals surface area contributed by atoms with Crippen LogP contribution in [-0.2, 0) is 4.79 Å². The van der Waals surface area contributed by atoms with Gasteiger partial charge >= 0.3 is 0 Å². The second-order valence-electron chi connectivity index (χ2n) is 4.95. The van der Waals surface area contributed by atoms with Gasteiger partial charge in [-0.25, -0.2) is 4.98 Å². The van der Waals surface area contributed by atoms with Crippen molar-refractivity contribution in [1.82, 2.24) is 4.98 Å². The number of anilines is 1. The van der Waals surface area contributed by atoms with Crippen LogP contribution in [0.5, 0.6) is 5.75 Å². The molecule has 5 heteroatoms. The Morgan fingerprint density at radius 3 is 2.84 bits per heavy atom. The highest BCUT2D eigenvalue weighted by Gasteiger charge is 2.15. The van der Waals surface area contributed by atoms with Crippen LogP contribution in [0, 0.1) is 5.92 Å². The van der Waals surface area contributed by atoms with Gasteiger partial charge < -0.3 is 10.1 Å². The number of amides is 1. The molecule has 0 spiro atoms. The maximum atomic E-state index is 11.5. The van der Waals surface area contributed by atoms with Crippen molar-refractivity contribution in [2.24, 2.45) is 5.92 Å². The van der Waals surface area contributed by atoms with E-state index in [-0.39, 0.29) is 10.7 Å². The minimum atomic E-state index is -0.229. The third-order valence-electron chi connectivity index (χ3n) is 3.31. The lowest BCUT2D eigenvalue weighted by Gasteiger charge is -2.11. The van der Waals surface area contributed by atoms with E-state index in [2.05, 4.69) is 26.2 Å². The summed E-state index contributed by atoms with van der Waals surface area (Å²) < 4.78 is 5.71. The standard InChI is InChI=1S/C14H19BrN2O2/c1-10(15)14(18)17-13-7-6-12(8-16-13)19-9-11-4-2-3-5-11/h6-8,10-11H,2-5,9H2,1H3,(H,16,17,18). The van der Waals surface area contributed by atoms with Gasteiger partial charge in [0.25, 0.3) is 0 Å². The number of hydrogen-bond donors (Lipinski definition) is 1. The normalized spacial score (nSPS) is 17.2. The molecule has 19 heavy (non-hydrogen) atoms. The maximum Gasteiger partial charge on any atom is 0.239 e. The molecule has 1 N–H and O–H groups in total. The van der Waals surface area contributed by atoms with E-state index in [0.29, 0.717) is 11.7 Å². The van der Waals surface area contributed by atoms with Gasteiger partial charge in [0.05, 0.1) is 17.6 Å². The summed E-state index contributed by atoms with van der Waals surface area (Å²) in [5, 5.41) is 2.71. The summed E-state index contributed by atoms with van der Waals surface area (Å²) in [5.74, 6) is 1.89. The largest absolute Gasteiger partial charge is 0.492 e. The Balaban J connectivity index is 1.82. The highest BCUT2D eigenvalue weighted by Crippen LogP contribution is 2.25. The minimum absolute atomic E-state index is 0.105. The van der Waals surface area contributed by atoms with Crippen LogP contribution >= 0.6 is 15.9 Å². The molecule has 1 unspecified atom stereocenters. The molecule has 1 aromatic heterocycles. The number of aromatic nitrogens is 1. The summed E-state index contributed by atoms with van der Waals surface area (Å²) in [5.41, 5.74) is 0. The molecule has 1 fully saturated rings. The topological polar surface area (TPSA) is 51.2 Å². The van der Waals surface area contributed by atoms with E-state index in [4.69, 9.17) is 4.74 Å². The first kappa shape index (κ1) is 14.3. The van der Waals surface area contributed by atoms with Crippen molar-refractivity contribution in [3.8, 4) is 5.75 Å². The molecule has 0 aromatic carbocycles. The van der Waals surface area contributed by atoms with Gasteiger partial charge in [0, 0.05) is 0 Å². The smallest absolute Gasteiger partial charge is 0.239 e. The van der Waals surface area contributed by atoms with Gasteiger partial charge in [-0.05, 0) is 37.8 Å². The van der Waals surface area contributed by atoms with Gasteiger partial charge in [-0.15, -0.1) is 0 Å². The average molecular weight is 327 g/mol. The maximum absolute atomic E-state index is 11.5. The predicted octanol–water partition coefficient (Wildman–Crippen LogP) is 3.37. The lowest BCUT2D eigenvalue weighted by Crippen LogP contribution is -2.20. The number of nitrogens with one attached hydrogen (secondary N) is 1. The van der Waals surface area contributed by atoms with Crippen LogP contribution in [0.3, 0.4) is 0 Å². The Bertz CT molecular complexity index is 414. The summed E-state index contributed by atoms with van der Waals surface area (Å²) in [6.07, 6.45) is 6.84. The zero-order valence-electron chi connectivity index (χ0n) is 11.1. The van der Waals surface area contributed by atoms with Crippen molar-refractivity contribution in [3.05, 3.63) is 18.3 Å². The molecule has 1 aliphatic rings. The van der Waals surface area contributed by atoms with Crippen molar-refractivity contribution in [3.63, 3.8) is 0 Å². The molecule has 0 aliphatic heterocycles. The molecule has 0 radical (unpaired) electrons. The quantitative estimate of drug-likeness (QED) is 0.844. The minimum Gasteiger partial charge on any atom is -0.492 e. The van der Waals surface area contributed by atoms with Gasteiger partial charge in [0.1, 0.15) is 11.6 Å². The number of halogens is 1. The lowest BCUT2D eigenvalue weighted by molar-refractivity contribution is -0.115. The number of rotatable bonds is 5. The molecular weight excluding hydrogens is 308 g/mol. The molecule has 1 atom stereocenters. The Kier molecular flexibility index (Phi) is 5.19. The van der Waals surface area contributed by atoms with Gasteiger partial charge in [-0.2, -0.15) is 0 Å². The number of carbonyl (C=O) groups excluding carboxylic acids is 1. The van der Waals surface area contributed by atoms with Gasteiger partial charge in [0.2, 0.25) is 5.91 Å². The molecule has 1 heterocycles. The second-order valence-corrected chi connectivity index (χ2v) is 6.32. The number of hydrogen-bond acceptors (Lipinski definition) is 3.